The van der Waals surface area contributed by atoms with Crippen LogP contribution in [0.2, 0.25) is 0 Å². The lowest BCUT2D eigenvalue weighted by molar-refractivity contribution is -0.137. The number of ether oxygens (including phenoxy) is 1. The van der Waals surface area contributed by atoms with Crippen LogP contribution in [0.4, 0.5) is 0 Å². The van der Waals surface area contributed by atoms with Crippen molar-refractivity contribution in [1.29, 1.82) is 0 Å². The molecule has 1 aromatic carbocycles. The van der Waals surface area contributed by atoms with Crippen LogP contribution in [0.15, 0.2) is 17.5 Å². The summed E-state index contributed by atoms with van der Waals surface area (Å²) in [5.74, 6) is 1.39. The number of carbonyl (C=O) groups excluding carboxylic acids is 1. The van der Waals surface area contributed by atoms with Crippen molar-refractivity contribution in [2.24, 2.45) is 0 Å². The number of nitrogens with zero attached hydrogens (tertiary/aromatic N) is 1. The molecule has 0 unspecified atom stereocenters. The second-order valence-electron chi connectivity index (χ2n) is 8.93. The van der Waals surface area contributed by atoms with Crippen molar-refractivity contribution in [1.82, 2.24) is 4.98 Å². The van der Waals surface area contributed by atoms with Crippen molar-refractivity contribution in [2.75, 3.05) is 18.6 Å². The molecule has 0 radical (unpaired) electrons. The van der Waals surface area contributed by atoms with Crippen molar-refractivity contribution in [3.8, 4) is 17.0 Å². The number of thioether (sulfide) groups is 1. The number of aromatic hydroxyl groups is 1. The number of aromatic nitrogens is 1. The molecule has 0 fully saturated rings. The molecule has 0 aliphatic heterocycles. The van der Waals surface area contributed by atoms with Gasteiger partial charge in [0, 0.05) is 34.2 Å². The summed E-state index contributed by atoms with van der Waals surface area (Å²) in [5.41, 5.74) is 3.54. The minimum Gasteiger partial charge on any atom is -0.507 e. The van der Waals surface area contributed by atoms with Crippen LogP contribution < -0.4 is 0 Å². The van der Waals surface area contributed by atoms with Gasteiger partial charge in [-0.25, -0.2) is 4.98 Å². The van der Waals surface area contributed by atoms with Gasteiger partial charge in [-0.3, -0.25) is 4.79 Å². The number of rotatable bonds is 6. The fourth-order valence-corrected chi connectivity index (χ4v) is 4.56. The summed E-state index contributed by atoms with van der Waals surface area (Å²) in [7, 11) is 1.41. The smallest absolute Gasteiger partial charge is 0.315 e. The third-order valence-corrected chi connectivity index (χ3v) is 6.32. The third kappa shape index (κ3) is 5.74. The fourth-order valence-electron chi connectivity index (χ4n) is 2.86. The van der Waals surface area contributed by atoms with Gasteiger partial charge in [0.15, 0.2) is 0 Å². The summed E-state index contributed by atoms with van der Waals surface area (Å²) < 4.78 is 4.66. The highest BCUT2D eigenvalue weighted by Gasteiger charge is 2.27. The molecule has 0 aliphatic carbocycles. The van der Waals surface area contributed by atoms with Gasteiger partial charge >= 0.3 is 5.97 Å². The zero-order valence-electron chi connectivity index (χ0n) is 17.9. The molecule has 0 saturated carbocycles. The number of hydrogen-bond acceptors (Lipinski definition) is 6. The molecule has 4 nitrogen and oxygen atoms in total. The zero-order valence-corrected chi connectivity index (χ0v) is 19.5. The average Bonchev–Trinajstić information content (AvgIpc) is 3.05. The maximum absolute atomic E-state index is 11.2. The average molecular weight is 422 g/mol. The van der Waals surface area contributed by atoms with Gasteiger partial charge in [0.25, 0.3) is 0 Å². The molecule has 0 amide bonds. The molecule has 0 bridgehead atoms. The van der Waals surface area contributed by atoms with Crippen molar-refractivity contribution in [3.05, 3.63) is 33.6 Å². The molecule has 2 rings (SSSR count). The van der Waals surface area contributed by atoms with E-state index in [-0.39, 0.29) is 16.8 Å². The van der Waals surface area contributed by atoms with Gasteiger partial charge in [0.2, 0.25) is 0 Å². The normalized spacial score (nSPS) is 12.2. The number of hydrogen-bond donors (Lipinski definition) is 1. The number of thiazole rings is 1. The number of benzene rings is 1. The molecule has 154 valence electrons. The van der Waals surface area contributed by atoms with E-state index in [9.17, 15) is 9.90 Å². The molecule has 1 N–H and O–H groups in total. The Morgan fingerprint density at radius 2 is 1.71 bits per heavy atom. The molecule has 1 aromatic heterocycles. The highest BCUT2D eigenvalue weighted by Crippen LogP contribution is 2.42. The summed E-state index contributed by atoms with van der Waals surface area (Å²) in [4.78, 5) is 16.0. The number of aryl methyl sites for hydroxylation is 1. The van der Waals surface area contributed by atoms with E-state index in [1.165, 1.54) is 7.11 Å². The Hall–Kier alpha value is -1.53. The van der Waals surface area contributed by atoms with Crippen molar-refractivity contribution in [2.45, 2.75) is 58.8 Å². The highest BCUT2D eigenvalue weighted by molar-refractivity contribution is 7.99. The van der Waals surface area contributed by atoms with E-state index in [0.717, 1.165) is 39.6 Å². The Bertz CT molecular complexity index is 794. The summed E-state index contributed by atoms with van der Waals surface area (Å²) in [6.07, 6.45) is 0.822. The first-order valence-corrected chi connectivity index (χ1v) is 11.4. The predicted octanol–water partition coefficient (Wildman–Crippen LogP) is 5.56. The van der Waals surface area contributed by atoms with Gasteiger partial charge in [-0.15, -0.1) is 23.1 Å². The summed E-state index contributed by atoms with van der Waals surface area (Å²) in [6, 6.07) is 4.13. The highest BCUT2D eigenvalue weighted by atomic mass is 32.2. The van der Waals surface area contributed by atoms with Crippen LogP contribution in [0.5, 0.6) is 5.75 Å². The SMILES string of the molecule is COC(=O)CSCCc1nc(-c2cc(C(C)(C)C)c(O)c(C(C)(C)C)c2)cs1. The molecular formula is C22H31NO3S2. The summed E-state index contributed by atoms with van der Waals surface area (Å²) >= 11 is 3.20. The van der Waals surface area contributed by atoms with Gasteiger partial charge < -0.3 is 9.84 Å². The number of esters is 1. The number of phenols is 1. The Morgan fingerprint density at radius 3 is 2.21 bits per heavy atom. The minimum absolute atomic E-state index is 0.163. The first kappa shape index (κ1) is 22.8. The topological polar surface area (TPSA) is 59.4 Å². The fraction of sp³-hybridized carbons (Fsp3) is 0.545. The summed E-state index contributed by atoms with van der Waals surface area (Å²) in [6.45, 7) is 12.7. The lowest BCUT2D eigenvalue weighted by atomic mass is 9.78. The Labute approximate surface area is 176 Å². The van der Waals surface area contributed by atoms with E-state index in [1.807, 2.05) is 0 Å². The van der Waals surface area contributed by atoms with Crippen LogP contribution >= 0.6 is 23.1 Å². The van der Waals surface area contributed by atoms with Crippen LogP contribution in [0.1, 0.15) is 57.7 Å². The number of methoxy groups -OCH3 is 1. The molecular weight excluding hydrogens is 390 g/mol. The van der Waals surface area contributed by atoms with Crippen LogP contribution in [0, 0.1) is 0 Å². The van der Waals surface area contributed by atoms with E-state index < -0.39 is 0 Å². The molecule has 28 heavy (non-hydrogen) atoms. The molecule has 0 atom stereocenters. The Balaban J connectivity index is 2.28. The van der Waals surface area contributed by atoms with Gasteiger partial charge in [-0.05, 0) is 23.0 Å². The van der Waals surface area contributed by atoms with Crippen LogP contribution in [0.3, 0.4) is 0 Å². The van der Waals surface area contributed by atoms with Crippen LogP contribution in [-0.4, -0.2) is 34.7 Å². The van der Waals surface area contributed by atoms with E-state index in [0.29, 0.717) is 11.5 Å². The monoisotopic (exact) mass is 421 g/mol. The first-order valence-electron chi connectivity index (χ1n) is 9.40. The van der Waals surface area contributed by atoms with Crippen molar-refractivity contribution in [3.63, 3.8) is 0 Å². The van der Waals surface area contributed by atoms with Crippen molar-refractivity contribution < 1.29 is 14.6 Å². The van der Waals surface area contributed by atoms with Crippen LogP contribution in [-0.2, 0) is 26.8 Å². The minimum atomic E-state index is -0.196. The van der Waals surface area contributed by atoms with E-state index in [1.54, 1.807) is 23.1 Å². The van der Waals surface area contributed by atoms with Gasteiger partial charge in [-0.1, -0.05) is 41.5 Å². The standard InChI is InChI=1S/C22H31NO3S2/c1-21(2,3)15-10-14(11-16(20(15)25)22(4,5)6)17-12-28-18(23-17)8-9-27-13-19(24)26-7/h10-12,25H,8-9,13H2,1-7H3. The van der Waals surface area contributed by atoms with Crippen molar-refractivity contribution >= 4 is 29.1 Å². The molecule has 2 aromatic rings. The second-order valence-corrected chi connectivity index (χ2v) is 11.0. The number of phenolic OH excluding ortho intramolecular Hbond substituents is 1. The Kier molecular flexibility index (Phi) is 7.21. The first-order chi connectivity index (χ1) is 12.9. The maximum Gasteiger partial charge on any atom is 0.315 e. The lowest BCUT2D eigenvalue weighted by Gasteiger charge is -2.28. The molecule has 6 heteroatoms. The molecule has 1 heterocycles. The predicted molar refractivity (Wildman–Crippen MR) is 120 cm³/mol. The second kappa shape index (κ2) is 8.87. The van der Waals surface area contributed by atoms with E-state index >= 15 is 0 Å². The number of carbonyl (C=O) groups is 1. The van der Waals surface area contributed by atoms with E-state index in [2.05, 4.69) is 63.8 Å². The maximum atomic E-state index is 11.2. The molecule has 0 saturated heterocycles. The largest absolute Gasteiger partial charge is 0.507 e. The Morgan fingerprint density at radius 1 is 1.14 bits per heavy atom. The third-order valence-electron chi connectivity index (χ3n) is 4.48. The quantitative estimate of drug-likeness (QED) is 0.489. The lowest BCUT2D eigenvalue weighted by Crippen LogP contribution is -2.17. The summed E-state index contributed by atoms with van der Waals surface area (Å²) in [5, 5.41) is 14.0. The van der Waals surface area contributed by atoms with Gasteiger partial charge in [-0.2, -0.15) is 0 Å². The van der Waals surface area contributed by atoms with Crippen LogP contribution in [0.25, 0.3) is 11.3 Å². The molecule has 0 aliphatic rings. The van der Waals surface area contributed by atoms with Gasteiger partial charge in [0.05, 0.1) is 23.6 Å². The van der Waals surface area contributed by atoms with E-state index in [4.69, 9.17) is 4.98 Å². The molecule has 0 spiro atoms. The zero-order chi connectivity index (χ0) is 21.1. The van der Waals surface area contributed by atoms with Gasteiger partial charge in [0.1, 0.15) is 5.75 Å².